The molecule has 9 heavy (non-hydrogen) atoms. The highest BCUT2D eigenvalue weighted by Gasteiger charge is 2.18. The molecule has 0 saturated heterocycles. The Hall–Kier alpha value is -1.13. The van der Waals surface area contributed by atoms with Gasteiger partial charge in [0.25, 0.3) is 0 Å². The van der Waals surface area contributed by atoms with Gasteiger partial charge in [-0.15, -0.1) is 0 Å². The maximum absolute atomic E-state index is 11.8. The van der Waals surface area contributed by atoms with Crippen molar-refractivity contribution in [2.45, 2.75) is 12.6 Å². The highest BCUT2D eigenvalue weighted by molar-refractivity contribution is 5.79. The molecule has 52 valence electrons. The molecule has 0 saturated carbocycles. The van der Waals surface area contributed by atoms with Gasteiger partial charge < -0.3 is 10.2 Å². The summed E-state index contributed by atoms with van der Waals surface area (Å²) in [4.78, 5) is 19.2. The van der Waals surface area contributed by atoms with Gasteiger partial charge in [-0.25, -0.2) is 9.18 Å². The average molecular weight is 136 g/mol. The van der Waals surface area contributed by atoms with Gasteiger partial charge in [0, 0.05) is 0 Å². The van der Waals surface area contributed by atoms with E-state index in [1.165, 1.54) is 0 Å². The fourth-order valence-electron chi connectivity index (χ4n) is 0.241. The number of hydrogen-bond acceptors (Lipinski definition) is 2. The maximum atomic E-state index is 11.8. The molecule has 0 aliphatic rings. The van der Waals surface area contributed by atoms with Crippen molar-refractivity contribution in [3.8, 4) is 0 Å². The molecule has 0 fully saturated rings. The first kappa shape index (κ1) is 7.87. The van der Waals surface area contributed by atoms with E-state index in [4.69, 9.17) is 10.2 Å². The first-order valence-corrected chi connectivity index (χ1v) is 2.12. The topological polar surface area (TPSA) is 74.6 Å². The van der Waals surface area contributed by atoms with E-state index < -0.39 is 24.5 Å². The molecule has 0 aromatic rings. The number of carboxylic acid groups (broad SMARTS) is 2. The molecule has 1 unspecified atom stereocenters. The Morgan fingerprint density at radius 3 is 2.00 bits per heavy atom. The number of aliphatic carboxylic acids is 2. The van der Waals surface area contributed by atoms with Crippen molar-refractivity contribution in [3.63, 3.8) is 0 Å². The fraction of sp³-hybridized carbons (Fsp3) is 0.500. The van der Waals surface area contributed by atoms with Gasteiger partial charge in [-0.05, 0) is 0 Å². The van der Waals surface area contributed by atoms with E-state index in [2.05, 4.69) is 0 Å². The Labute approximate surface area is 49.9 Å². The molecule has 0 spiro atoms. The van der Waals surface area contributed by atoms with E-state index in [-0.39, 0.29) is 0 Å². The zero-order valence-corrected chi connectivity index (χ0v) is 4.37. The Balaban J connectivity index is 3.63. The molecule has 2 N–H and O–H groups in total. The van der Waals surface area contributed by atoms with Crippen molar-refractivity contribution in [2.75, 3.05) is 0 Å². The number of halogens is 1. The first-order valence-electron chi connectivity index (χ1n) is 2.12. The monoisotopic (exact) mass is 136 g/mol. The van der Waals surface area contributed by atoms with Crippen LogP contribution in [0.4, 0.5) is 4.39 Å². The number of alkyl halides is 1. The highest BCUT2D eigenvalue weighted by atomic mass is 19.1. The van der Waals surface area contributed by atoms with Crippen molar-refractivity contribution in [3.05, 3.63) is 0 Å². The van der Waals surface area contributed by atoms with Crippen molar-refractivity contribution < 1.29 is 24.2 Å². The molecule has 0 aliphatic carbocycles. The summed E-state index contributed by atoms with van der Waals surface area (Å²) >= 11 is 0. The van der Waals surface area contributed by atoms with Crippen LogP contribution in [0.1, 0.15) is 6.42 Å². The van der Waals surface area contributed by atoms with Crippen LogP contribution in [0.25, 0.3) is 0 Å². The van der Waals surface area contributed by atoms with E-state index in [9.17, 15) is 14.0 Å². The molecular formula is C4H5FO4. The zero-order valence-electron chi connectivity index (χ0n) is 4.37. The normalized spacial score (nSPS) is 12.6. The van der Waals surface area contributed by atoms with Crippen LogP contribution in [0, 0.1) is 0 Å². The van der Waals surface area contributed by atoms with Crippen molar-refractivity contribution in [2.24, 2.45) is 0 Å². The van der Waals surface area contributed by atoms with Crippen LogP contribution in [0.5, 0.6) is 0 Å². The molecule has 0 rings (SSSR count). The lowest BCUT2D eigenvalue weighted by molar-refractivity contribution is -0.149. The van der Waals surface area contributed by atoms with Gasteiger partial charge >= 0.3 is 11.9 Å². The van der Waals surface area contributed by atoms with E-state index >= 15 is 0 Å². The van der Waals surface area contributed by atoms with E-state index in [1.807, 2.05) is 0 Å². The Kier molecular flexibility index (Phi) is 2.63. The molecule has 0 aliphatic heterocycles. The predicted octanol–water partition coefficient (Wildman–Crippen LogP) is -0.116. The standard InChI is InChI=1S/C4H5FO4/c5-2(4(8)9)1-3(6)7/h2H,1H2,(H,6,7)(H,8,9). The van der Waals surface area contributed by atoms with E-state index in [1.54, 1.807) is 0 Å². The molecule has 0 aromatic carbocycles. The lowest BCUT2D eigenvalue weighted by atomic mass is 10.3. The largest absolute Gasteiger partial charge is 0.481 e. The van der Waals surface area contributed by atoms with Crippen molar-refractivity contribution in [1.29, 1.82) is 0 Å². The number of rotatable bonds is 3. The number of carboxylic acids is 2. The molecule has 0 bridgehead atoms. The summed E-state index contributed by atoms with van der Waals surface area (Å²) in [5.74, 6) is -3.19. The Morgan fingerprint density at radius 1 is 1.44 bits per heavy atom. The highest BCUT2D eigenvalue weighted by Crippen LogP contribution is 1.96. The molecule has 0 radical (unpaired) electrons. The Morgan fingerprint density at radius 2 is 1.89 bits per heavy atom. The lowest BCUT2D eigenvalue weighted by Crippen LogP contribution is -2.18. The van der Waals surface area contributed by atoms with Crippen LogP contribution in [0.2, 0.25) is 0 Å². The quantitative estimate of drug-likeness (QED) is 0.567. The van der Waals surface area contributed by atoms with Gasteiger partial charge in [0.15, 0.2) is 0 Å². The maximum Gasteiger partial charge on any atom is 0.338 e. The van der Waals surface area contributed by atoms with Crippen LogP contribution in [0.3, 0.4) is 0 Å². The summed E-state index contributed by atoms with van der Waals surface area (Å²) in [6.45, 7) is 0. The van der Waals surface area contributed by atoms with Crippen LogP contribution in [-0.4, -0.2) is 28.3 Å². The van der Waals surface area contributed by atoms with E-state index in [0.717, 1.165) is 0 Å². The molecule has 4 nitrogen and oxygen atoms in total. The van der Waals surface area contributed by atoms with Crippen molar-refractivity contribution >= 4 is 11.9 Å². The second kappa shape index (κ2) is 3.01. The third kappa shape index (κ3) is 3.45. The second-order valence-electron chi connectivity index (χ2n) is 1.40. The molecule has 0 amide bonds. The third-order valence-electron chi connectivity index (χ3n) is 0.622. The molecule has 5 heteroatoms. The summed E-state index contributed by atoms with van der Waals surface area (Å²) in [5.41, 5.74) is 0. The lowest BCUT2D eigenvalue weighted by Gasteiger charge is -1.94. The van der Waals surface area contributed by atoms with Crippen LogP contribution in [-0.2, 0) is 9.59 Å². The minimum Gasteiger partial charge on any atom is -0.481 e. The minimum atomic E-state index is -2.29. The van der Waals surface area contributed by atoms with Crippen molar-refractivity contribution in [1.82, 2.24) is 0 Å². The summed E-state index contributed by atoms with van der Waals surface area (Å²) in [5, 5.41) is 15.6. The van der Waals surface area contributed by atoms with Gasteiger partial charge in [0.05, 0.1) is 6.42 Å². The van der Waals surface area contributed by atoms with Gasteiger partial charge in [-0.3, -0.25) is 4.79 Å². The Bertz CT molecular complexity index is 133. The SMILES string of the molecule is O=C(O)CC(F)C(=O)O. The molecule has 0 aromatic heterocycles. The van der Waals surface area contributed by atoms with Gasteiger partial charge in [0.1, 0.15) is 0 Å². The van der Waals surface area contributed by atoms with Crippen LogP contribution >= 0.6 is 0 Å². The van der Waals surface area contributed by atoms with Crippen LogP contribution in [0.15, 0.2) is 0 Å². The zero-order chi connectivity index (χ0) is 7.44. The average Bonchev–Trinajstić information content (AvgIpc) is 1.63. The van der Waals surface area contributed by atoms with Crippen LogP contribution < -0.4 is 0 Å². The molecule has 0 heterocycles. The molecule has 1 atom stereocenters. The summed E-state index contributed by atoms with van der Waals surface area (Å²) < 4.78 is 11.8. The fourth-order valence-corrected chi connectivity index (χ4v) is 0.241. The second-order valence-corrected chi connectivity index (χ2v) is 1.40. The summed E-state index contributed by atoms with van der Waals surface area (Å²) in [6, 6.07) is 0. The van der Waals surface area contributed by atoms with Gasteiger partial charge in [0.2, 0.25) is 6.17 Å². The van der Waals surface area contributed by atoms with E-state index in [0.29, 0.717) is 0 Å². The van der Waals surface area contributed by atoms with Gasteiger partial charge in [-0.2, -0.15) is 0 Å². The van der Waals surface area contributed by atoms with Gasteiger partial charge in [-0.1, -0.05) is 0 Å². The first-order chi connectivity index (χ1) is 4.04. The number of hydrogen-bond donors (Lipinski definition) is 2. The smallest absolute Gasteiger partial charge is 0.338 e. The third-order valence-corrected chi connectivity index (χ3v) is 0.622. The summed E-state index contributed by atoms with van der Waals surface area (Å²) in [7, 11) is 0. The minimum absolute atomic E-state index is 0.977. The predicted molar refractivity (Wildman–Crippen MR) is 24.8 cm³/mol. The number of carbonyl (C=O) groups is 2. The molecular weight excluding hydrogens is 131 g/mol. The summed E-state index contributed by atoms with van der Waals surface area (Å²) in [6.07, 6.45) is -3.27.